The van der Waals surface area contributed by atoms with Crippen molar-refractivity contribution < 1.29 is 15.3 Å². The summed E-state index contributed by atoms with van der Waals surface area (Å²) in [6.07, 6.45) is 0. The molecule has 0 bridgehead atoms. The maximum Gasteiger partial charge on any atom is 0.196 e. The van der Waals surface area contributed by atoms with E-state index in [1.54, 1.807) is 0 Å². The molecule has 0 unspecified atom stereocenters. The van der Waals surface area contributed by atoms with Gasteiger partial charge in [0.2, 0.25) is 0 Å². The van der Waals surface area contributed by atoms with Crippen molar-refractivity contribution in [2.45, 2.75) is 12.7 Å². The molecule has 2 radical (unpaired) electrons. The molecule has 0 aliphatic carbocycles. The van der Waals surface area contributed by atoms with Gasteiger partial charge in [0.15, 0.2) is 12.4 Å². The van der Waals surface area contributed by atoms with Crippen molar-refractivity contribution in [3.8, 4) is 0 Å². The van der Waals surface area contributed by atoms with Crippen molar-refractivity contribution in [2.75, 3.05) is 0 Å². The van der Waals surface area contributed by atoms with Crippen LogP contribution in [-0.4, -0.2) is 21.1 Å². The Labute approximate surface area is 35.9 Å². The molecule has 6 heavy (non-hydrogen) atoms. The standard InChI is InChI=1S/C3H6O3/c1-3(5,6)2-4/h4-6H,1H3. The van der Waals surface area contributed by atoms with Gasteiger partial charge in [0.25, 0.3) is 0 Å². The molecule has 3 nitrogen and oxygen atoms in total. The molecule has 0 fully saturated rings. The number of hydrogen-bond acceptors (Lipinski definition) is 3. The van der Waals surface area contributed by atoms with Crippen LogP contribution in [0.5, 0.6) is 0 Å². The minimum Gasteiger partial charge on any atom is -0.378 e. The third-order valence-electron chi connectivity index (χ3n) is 0.212. The molecule has 0 atom stereocenters. The van der Waals surface area contributed by atoms with Crippen molar-refractivity contribution in [3.63, 3.8) is 0 Å². The van der Waals surface area contributed by atoms with Crippen molar-refractivity contribution in [3.05, 3.63) is 6.61 Å². The van der Waals surface area contributed by atoms with E-state index >= 15 is 0 Å². The second-order valence-corrected chi connectivity index (χ2v) is 1.13. The first-order valence-electron chi connectivity index (χ1n) is 1.42. The van der Waals surface area contributed by atoms with E-state index in [4.69, 9.17) is 15.3 Å². The molecular formula is C3H6O3. The Bertz CT molecular complexity index is 35.8. The van der Waals surface area contributed by atoms with E-state index in [0.717, 1.165) is 6.92 Å². The van der Waals surface area contributed by atoms with Crippen LogP contribution in [0.3, 0.4) is 0 Å². The van der Waals surface area contributed by atoms with Gasteiger partial charge >= 0.3 is 0 Å². The zero-order chi connectivity index (χ0) is 5.21. The van der Waals surface area contributed by atoms with Crippen molar-refractivity contribution >= 4 is 0 Å². The topological polar surface area (TPSA) is 60.7 Å². The van der Waals surface area contributed by atoms with Crippen LogP contribution < -0.4 is 0 Å². The highest BCUT2D eigenvalue weighted by Gasteiger charge is 2.12. The highest BCUT2D eigenvalue weighted by Crippen LogP contribution is 1.95. The lowest BCUT2D eigenvalue weighted by atomic mass is 10.4. The van der Waals surface area contributed by atoms with Gasteiger partial charge in [-0.05, 0) is 6.92 Å². The molecule has 3 heteroatoms. The fourth-order valence-corrected chi connectivity index (χ4v) is 0. The number of rotatable bonds is 1. The van der Waals surface area contributed by atoms with E-state index in [9.17, 15) is 0 Å². The lowest BCUT2D eigenvalue weighted by molar-refractivity contribution is -0.141. The summed E-state index contributed by atoms with van der Waals surface area (Å²) in [5, 5.41) is 23.7. The Kier molecular flexibility index (Phi) is 1.52. The zero-order valence-corrected chi connectivity index (χ0v) is 3.34. The molecule has 0 amide bonds. The van der Waals surface area contributed by atoms with Gasteiger partial charge in [-0.1, -0.05) is 0 Å². The maximum atomic E-state index is 8.02. The van der Waals surface area contributed by atoms with Gasteiger partial charge in [0, 0.05) is 0 Å². The molecule has 0 aromatic rings. The van der Waals surface area contributed by atoms with E-state index in [0.29, 0.717) is 0 Å². The van der Waals surface area contributed by atoms with Crippen molar-refractivity contribution in [2.24, 2.45) is 0 Å². The van der Waals surface area contributed by atoms with Crippen LogP contribution in [0, 0.1) is 6.61 Å². The average Bonchev–Trinajstić information content (AvgIpc) is 1.35. The molecule has 0 heterocycles. The zero-order valence-electron chi connectivity index (χ0n) is 3.34. The van der Waals surface area contributed by atoms with Crippen LogP contribution >= 0.6 is 0 Å². The Balaban J connectivity index is 3.17. The number of aliphatic hydroxyl groups excluding tert-OH is 1. The van der Waals surface area contributed by atoms with E-state index in [2.05, 4.69) is 0 Å². The minimum atomic E-state index is -2.15. The molecular weight excluding hydrogens is 84.0 g/mol. The molecule has 0 aromatic heterocycles. The average molecular weight is 90.1 g/mol. The Morgan fingerprint density at radius 1 is 1.50 bits per heavy atom. The predicted octanol–water partition coefficient (Wildman–Crippen LogP) is -0.902. The first-order valence-corrected chi connectivity index (χ1v) is 1.42. The smallest absolute Gasteiger partial charge is 0.196 e. The normalized spacial score (nSPS) is 12.0. The summed E-state index contributed by atoms with van der Waals surface area (Å²) in [6, 6.07) is 0. The van der Waals surface area contributed by atoms with Crippen LogP contribution in [0.25, 0.3) is 0 Å². The predicted molar refractivity (Wildman–Crippen MR) is 18.0 cm³/mol. The maximum absolute atomic E-state index is 8.02. The molecule has 0 saturated carbocycles. The van der Waals surface area contributed by atoms with Crippen LogP contribution in [0.4, 0.5) is 0 Å². The molecule has 0 aromatic carbocycles. The van der Waals surface area contributed by atoms with E-state index in [1.165, 1.54) is 6.61 Å². The summed E-state index contributed by atoms with van der Waals surface area (Å²) in [5.41, 5.74) is 0. The minimum absolute atomic E-state index is 0.993. The number of hydrogen-bond donors (Lipinski definition) is 3. The quantitative estimate of drug-likeness (QED) is 0.365. The molecule has 0 saturated heterocycles. The van der Waals surface area contributed by atoms with Gasteiger partial charge in [-0.2, -0.15) is 0 Å². The van der Waals surface area contributed by atoms with Gasteiger partial charge in [-0.15, -0.1) is 0 Å². The molecule has 0 rings (SSSR count). The number of aliphatic hydroxyl groups is 3. The third-order valence-corrected chi connectivity index (χ3v) is 0.212. The lowest BCUT2D eigenvalue weighted by Crippen LogP contribution is -2.22. The summed E-state index contributed by atoms with van der Waals surface area (Å²) in [7, 11) is 0. The molecule has 0 aliphatic heterocycles. The fourth-order valence-electron chi connectivity index (χ4n) is 0. The second kappa shape index (κ2) is 1.55. The van der Waals surface area contributed by atoms with Gasteiger partial charge in [0.05, 0.1) is 0 Å². The van der Waals surface area contributed by atoms with Gasteiger partial charge in [0.1, 0.15) is 0 Å². The molecule has 0 spiro atoms. The summed E-state index contributed by atoms with van der Waals surface area (Å²) in [6.45, 7) is 2.21. The van der Waals surface area contributed by atoms with Crippen LogP contribution in [-0.2, 0) is 0 Å². The molecule has 0 aliphatic rings. The third kappa shape index (κ3) is 3.88. The largest absolute Gasteiger partial charge is 0.378 e. The van der Waals surface area contributed by atoms with Crippen LogP contribution in [0.2, 0.25) is 0 Å². The fraction of sp³-hybridized carbons (Fsp3) is 0.667. The summed E-state index contributed by atoms with van der Waals surface area (Å²) in [5.74, 6) is -2.15. The Morgan fingerprint density at radius 2 is 1.67 bits per heavy atom. The Hall–Kier alpha value is -0.120. The van der Waals surface area contributed by atoms with E-state index < -0.39 is 5.79 Å². The Morgan fingerprint density at radius 3 is 1.67 bits per heavy atom. The molecule has 3 N–H and O–H groups in total. The summed E-state index contributed by atoms with van der Waals surface area (Å²) < 4.78 is 0. The van der Waals surface area contributed by atoms with Crippen LogP contribution in [0.1, 0.15) is 6.92 Å². The van der Waals surface area contributed by atoms with Crippen LogP contribution in [0.15, 0.2) is 0 Å². The summed E-state index contributed by atoms with van der Waals surface area (Å²) in [4.78, 5) is 0. The summed E-state index contributed by atoms with van der Waals surface area (Å²) >= 11 is 0. The first-order chi connectivity index (χ1) is 2.56. The monoisotopic (exact) mass is 90.0 g/mol. The highest BCUT2D eigenvalue weighted by molar-refractivity contribution is 4.63. The van der Waals surface area contributed by atoms with E-state index in [1.807, 2.05) is 0 Å². The van der Waals surface area contributed by atoms with Crippen molar-refractivity contribution in [1.29, 1.82) is 0 Å². The second-order valence-electron chi connectivity index (χ2n) is 1.13. The lowest BCUT2D eigenvalue weighted by Gasteiger charge is -2.06. The first kappa shape index (κ1) is 5.88. The van der Waals surface area contributed by atoms with Gasteiger partial charge < -0.3 is 15.3 Å². The van der Waals surface area contributed by atoms with Gasteiger partial charge in [-0.25, -0.2) is 0 Å². The van der Waals surface area contributed by atoms with Gasteiger partial charge in [-0.3, -0.25) is 0 Å². The highest BCUT2D eigenvalue weighted by atomic mass is 16.5. The SMILES string of the molecule is CC(O)(O)[C]O. The van der Waals surface area contributed by atoms with E-state index in [-0.39, 0.29) is 0 Å². The van der Waals surface area contributed by atoms with Crippen molar-refractivity contribution in [1.82, 2.24) is 0 Å². The molecule has 36 valence electrons.